The minimum Gasteiger partial charge on any atom is -0.0654 e. The van der Waals surface area contributed by atoms with E-state index in [1.54, 1.807) is 6.92 Å². The van der Waals surface area contributed by atoms with Crippen LogP contribution in [-0.2, 0) is 10.8 Å². The number of aryl methyl sites for hydroxylation is 1. The van der Waals surface area contributed by atoms with Crippen LogP contribution in [-0.4, -0.2) is 19.6 Å². The van der Waals surface area contributed by atoms with Gasteiger partial charge in [0.2, 0.25) is 0 Å². The Bertz CT molecular complexity index is 856. The zero-order valence-electron chi connectivity index (χ0n) is 25.9. The second kappa shape index (κ2) is 17.9. The number of carbonyl (C=O) groups is 1. The van der Waals surface area contributed by atoms with Crippen molar-refractivity contribution in [3.05, 3.63) is 46.2 Å². The van der Waals surface area contributed by atoms with Gasteiger partial charge in [0.1, 0.15) is 0 Å². The topological polar surface area (TPSA) is 17.1 Å². The van der Waals surface area contributed by atoms with Gasteiger partial charge in [-0.1, -0.05) is 67.2 Å². The minimum absolute atomic E-state index is 0.0851. The van der Waals surface area contributed by atoms with Gasteiger partial charge in [0.05, 0.1) is 0 Å². The fourth-order valence-corrected chi connectivity index (χ4v) is 3.48. The van der Waals surface area contributed by atoms with E-state index in [0.29, 0.717) is 0 Å². The molecule has 0 amide bonds. The second-order valence-electron chi connectivity index (χ2n) is 10.6. The summed E-state index contributed by atoms with van der Waals surface area (Å²) in [6.07, 6.45) is 6.63. The van der Waals surface area contributed by atoms with E-state index < -0.39 is 0 Å². The number of rotatable bonds is 7. The van der Waals surface area contributed by atoms with E-state index in [2.05, 4.69) is 87.4 Å². The molecule has 0 bridgehead atoms. The van der Waals surface area contributed by atoms with Crippen molar-refractivity contribution in [3.63, 3.8) is 0 Å². The van der Waals surface area contributed by atoms with Crippen LogP contribution in [0.2, 0.25) is 0 Å². The molecular weight excluding hydrogens is 422 g/mol. The van der Waals surface area contributed by atoms with Gasteiger partial charge in [-0.15, -0.1) is 0 Å². The molecule has 196 valence electrons. The van der Waals surface area contributed by atoms with Crippen molar-refractivity contribution in [2.45, 2.75) is 140 Å². The molecule has 0 atom stereocenters. The Morgan fingerprint density at radius 3 is 1.66 bits per heavy atom. The third kappa shape index (κ3) is 12.9. The van der Waals surface area contributed by atoms with Gasteiger partial charge >= 0.3 is 154 Å². The second-order valence-corrected chi connectivity index (χ2v) is 10.6. The molecule has 2 rings (SSSR count). The molecule has 1 heterocycles. The quantitative estimate of drug-likeness (QED) is 0.286. The van der Waals surface area contributed by atoms with Gasteiger partial charge in [0.25, 0.3) is 0 Å². The molecule has 0 aliphatic carbocycles. The van der Waals surface area contributed by atoms with E-state index in [1.165, 1.54) is 42.4 Å². The molecule has 0 N–H and O–H groups in total. The summed E-state index contributed by atoms with van der Waals surface area (Å²) in [5, 5.41) is 1.13. The average Bonchev–Trinajstić information content (AvgIpc) is 2.84. The Labute approximate surface area is 221 Å². The molecule has 0 aliphatic heterocycles. The van der Waals surface area contributed by atoms with E-state index in [9.17, 15) is 4.79 Å². The maximum atomic E-state index is 11.9. The first kappa shape index (κ1) is 35.7. The molecule has 2 aromatic rings. The van der Waals surface area contributed by atoms with Crippen LogP contribution in [0.5, 0.6) is 0 Å². The van der Waals surface area contributed by atoms with Crippen molar-refractivity contribution in [1.82, 2.24) is 0 Å². The molecule has 0 aliphatic rings. The number of carbonyl (C=O) groups excluding carboxylic acids is 1. The molecule has 0 radical (unpaired) electrons. The summed E-state index contributed by atoms with van der Waals surface area (Å²) in [5.74, 6) is 0.117. The van der Waals surface area contributed by atoms with E-state index in [0.717, 1.165) is 22.7 Å². The Balaban J connectivity index is 0. The average molecular weight is 478 g/mol. The van der Waals surface area contributed by atoms with Crippen molar-refractivity contribution in [2.75, 3.05) is 0 Å². The predicted molar refractivity (Wildman–Crippen MR) is 164 cm³/mol. The maximum Gasteiger partial charge on any atom is -0.0536 e. The zero-order chi connectivity index (χ0) is 27.8. The predicted octanol–water partition coefficient (Wildman–Crippen LogP) is 10.2. The molecule has 0 unspecified atom stereocenters. The molecule has 1 aromatic carbocycles. The minimum atomic E-state index is 0.0851. The number of benzene rings is 1. The number of hydrogen-bond donors (Lipinski definition) is 0. The van der Waals surface area contributed by atoms with Gasteiger partial charge in [-0.25, -0.2) is 0 Å². The van der Waals surface area contributed by atoms with Crippen molar-refractivity contribution >= 4 is 19.6 Å². The van der Waals surface area contributed by atoms with Gasteiger partial charge in [0.15, 0.2) is 0 Å². The van der Waals surface area contributed by atoms with Crippen LogP contribution in [0.25, 0.3) is 11.0 Å². The van der Waals surface area contributed by atoms with Crippen LogP contribution in [0.1, 0.15) is 149 Å². The fraction of sp³-hybridized carbons (Fsp3) is 0.656. The molecule has 0 saturated carbocycles. The smallest absolute Gasteiger partial charge is 0.0536 e. The first-order chi connectivity index (χ1) is 16.3. The Morgan fingerprint density at radius 2 is 1.26 bits per heavy atom. The van der Waals surface area contributed by atoms with Crippen molar-refractivity contribution < 1.29 is 4.79 Å². The van der Waals surface area contributed by atoms with E-state index in [1.807, 2.05) is 40.7 Å². The molecule has 0 fully saturated rings. The summed E-state index contributed by atoms with van der Waals surface area (Å²) in [6.45, 7) is 33.9. The molecule has 1 aromatic heterocycles. The van der Waals surface area contributed by atoms with Gasteiger partial charge in [-0.3, -0.25) is 0 Å². The summed E-state index contributed by atoms with van der Waals surface area (Å²) in [6, 6.07) is 8.97. The fourth-order valence-electron chi connectivity index (χ4n) is 3.48. The third-order valence-electron chi connectivity index (χ3n) is 6.24. The van der Waals surface area contributed by atoms with Gasteiger partial charge in [-0.2, -0.15) is 0 Å². The number of hydrogen-bond acceptors (Lipinski definition) is 1. The van der Waals surface area contributed by atoms with Gasteiger partial charge < -0.3 is 0 Å². The molecule has 3 heteroatoms. The van der Waals surface area contributed by atoms with Crippen molar-refractivity contribution in [3.8, 4) is 11.0 Å². The summed E-state index contributed by atoms with van der Waals surface area (Å²) in [7, 11) is 0. The van der Waals surface area contributed by atoms with Crippen LogP contribution in [0.3, 0.4) is 0 Å². The summed E-state index contributed by atoms with van der Waals surface area (Å²) in [5.41, 5.74) is 6.04. The molecule has 0 saturated heterocycles. The maximum absolute atomic E-state index is 11.9. The normalized spacial score (nSPS) is 10.5. The van der Waals surface area contributed by atoms with Crippen LogP contribution in [0, 0.1) is 6.92 Å². The Morgan fingerprint density at radius 1 is 0.771 bits per heavy atom. The van der Waals surface area contributed by atoms with Crippen LogP contribution >= 0.6 is 0 Å². The summed E-state index contributed by atoms with van der Waals surface area (Å²) in [4.78, 5) is 11.9. The SMILES string of the molecule is CC.CC.CCC(C)(C)c1cc(-c2bc(C)bc(C(C)=O)c2)cc(C(C)(C)C)c1.CCCCCC. The largest absolute Gasteiger partial charge is 0.0654 e. The first-order valence-corrected chi connectivity index (χ1v) is 14.1. The molecule has 0 spiro atoms. The molecule has 1 nitrogen and oxygen atoms in total. The van der Waals surface area contributed by atoms with Crippen LogP contribution in [0.4, 0.5) is 0 Å². The third-order valence-corrected chi connectivity index (χ3v) is 6.24. The van der Waals surface area contributed by atoms with Gasteiger partial charge in [0, 0.05) is 0 Å². The van der Waals surface area contributed by atoms with E-state index in [-0.39, 0.29) is 16.6 Å². The number of Topliss-reactive ketones (excluding diaryl/α,β-unsaturated/α-hetero) is 1. The zero-order valence-corrected chi connectivity index (χ0v) is 25.9. The first-order valence-electron chi connectivity index (χ1n) is 14.1. The number of unbranched alkanes of at least 4 members (excludes halogenated alkanes) is 3. The van der Waals surface area contributed by atoms with Crippen LogP contribution in [0.15, 0.2) is 24.3 Å². The van der Waals surface area contributed by atoms with Crippen molar-refractivity contribution in [2.24, 2.45) is 0 Å². The Hall–Kier alpha value is -1.50. The van der Waals surface area contributed by atoms with Crippen molar-refractivity contribution in [1.29, 1.82) is 0 Å². The number of ketones is 1. The molecular formula is C32H56B2O. The Kier molecular flexibility index (Phi) is 18.2. The summed E-state index contributed by atoms with van der Waals surface area (Å²) >= 11 is 0. The van der Waals surface area contributed by atoms with Gasteiger partial charge in [-0.05, 0) is 0 Å². The molecule has 35 heavy (non-hydrogen) atoms. The van der Waals surface area contributed by atoms with Crippen LogP contribution < -0.4 is 0 Å². The van der Waals surface area contributed by atoms with E-state index in [4.69, 9.17) is 0 Å². The summed E-state index contributed by atoms with van der Waals surface area (Å²) < 4.78 is 0. The standard InChI is InChI=1S/C22H30B2O.C6H14.2C2H6/c1-9-22(7,8)18-11-16(10-17(12-18)21(4,5)6)20-13-19(14(2)25)23-15(3)24-20;1-3-5-6-4-2;2*1-2/h10-13H,9H2,1-8H3;3-6H2,1-2H3;2*1-2H3. The van der Waals surface area contributed by atoms with E-state index >= 15 is 0 Å². The monoisotopic (exact) mass is 478 g/mol.